The van der Waals surface area contributed by atoms with Crippen molar-refractivity contribution in [2.75, 3.05) is 36.0 Å². The number of carbonyl (C=O) groups is 1. The van der Waals surface area contributed by atoms with Crippen LogP contribution >= 0.6 is 0 Å². The van der Waals surface area contributed by atoms with Gasteiger partial charge in [0.2, 0.25) is 5.95 Å². The molecule has 2 saturated heterocycles. The van der Waals surface area contributed by atoms with Crippen LogP contribution in [0, 0.1) is 0 Å². The Labute approximate surface area is 181 Å². The second-order valence-corrected chi connectivity index (χ2v) is 8.59. The third-order valence-electron chi connectivity index (χ3n) is 5.90. The van der Waals surface area contributed by atoms with Gasteiger partial charge in [-0.05, 0) is 36.6 Å². The van der Waals surface area contributed by atoms with E-state index in [1.165, 1.54) is 0 Å². The van der Waals surface area contributed by atoms with Crippen LogP contribution in [0.25, 0.3) is 0 Å². The Kier molecular flexibility index (Phi) is 6.07. The number of ether oxygens (including phenoxy) is 1. The van der Waals surface area contributed by atoms with Gasteiger partial charge in [0.05, 0.1) is 13.1 Å². The number of hydrogen-bond donors (Lipinski definition) is 0. The quantitative estimate of drug-likeness (QED) is 0.660. The molecule has 0 unspecified atom stereocenters. The molecule has 2 aliphatic rings. The zero-order valence-corrected chi connectivity index (χ0v) is 17.9. The van der Waals surface area contributed by atoms with E-state index < -0.39 is 5.92 Å². The van der Waals surface area contributed by atoms with Gasteiger partial charge in [-0.3, -0.25) is 0 Å². The number of aromatic nitrogens is 2. The van der Waals surface area contributed by atoms with Gasteiger partial charge in [0.25, 0.3) is 5.92 Å². The lowest BCUT2D eigenvalue weighted by Crippen LogP contribution is -2.28. The van der Waals surface area contributed by atoms with Crippen molar-refractivity contribution in [2.45, 2.75) is 51.1 Å². The average Bonchev–Trinajstić information content (AvgIpc) is 3.34. The SMILES string of the molecule is CC(=O)C[C@@H](C)c1ccc(O[C@@H]2CCN(c3ccnc(N4CCC(F)(F)C4)n3)C2)cc1. The van der Waals surface area contributed by atoms with Crippen molar-refractivity contribution in [1.82, 2.24) is 9.97 Å². The van der Waals surface area contributed by atoms with Gasteiger partial charge in [-0.1, -0.05) is 19.1 Å². The van der Waals surface area contributed by atoms with Crippen molar-refractivity contribution in [3.05, 3.63) is 42.1 Å². The highest BCUT2D eigenvalue weighted by molar-refractivity contribution is 5.76. The number of benzene rings is 1. The maximum atomic E-state index is 13.5. The van der Waals surface area contributed by atoms with Gasteiger partial charge in [0.1, 0.15) is 23.5 Å². The minimum absolute atomic E-state index is 0.0232. The van der Waals surface area contributed by atoms with Crippen LogP contribution in [0.3, 0.4) is 0 Å². The molecule has 0 amide bonds. The van der Waals surface area contributed by atoms with Crippen molar-refractivity contribution in [3.63, 3.8) is 0 Å². The largest absolute Gasteiger partial charge is 0.489 e. The molecule has 0 aliphatic carbocycles. The molecule has 4 rings (SSSR count). The third kappa shape index (κ3) is 5.29. The lowest BCUT2D eigenvalue weighted by atomic mass is 9.96. The number of ketones is 1. The summed E-state index contributed by atoms with van der Waals surface area (Å²) in [6.07, 6.45) is 2.88. The van der Waals surface area contributed by atoms with Crippen molar-refractivity contribution < 1.29 is 18.3 Å². The van der Waals surface area contributed by atoms with E-state index in [4.69, 9.17) is 4.74 Å². The topological polar surface area (TPSA) is 58.6 Å². The minimum Gasteiger partial charge on any atom is -0.489 e. The van der Waals surface area contributed by atoms with Gasteiger partial charge in [0.15, 0.2) is 0 Å². The van der Waals surface area contributed by atoms with Gasteiger partial charge < -0.3 is 19.3 Å². The molecule has 1 aromatic heterocycles. The highest BCUT2D eigenvalue weighted by Crippen LogP contribution is 2.30. The van der Waals surface area contributed by atoms with Crippen LogP contribution in [0.15, 0.2) is 36.5 Å². The number of carbonyl (C=O) groups excluding carboxylic acids is 1. The monoisotopic (exact) mass is 430 g/mol. The number of anilines is 2. The summed E-state index contributed by atoms with van der Waals surface area (Å²) < 4.78 is 33.2. The first-order chi connectivity index (χ1) is 14.8. The predicted octanol–water partition coefficient (Wildman–Crippen LogP) is 4.06. The van der Waals surface area contributed by atoms with E-state index in [0.717, 1.165) is 30.1 Å². The Morgan fingerprint density at radius 1 is 1.23 bits per heavy atom. The van der Waals surface area contributed by atoms with Crippen LogP contribution in [0.1, 0.15) is 44.6 Å². The van der Waals surface area contributed by atoms with Crippen LogP contribution < -0.4 is 14.5 Å². The second kappa shape index (κ2) is 8.77. The summed E-state index contributed by atoms with van der Waals surface area (Å²) in [7, 11) is 0. The van der Waals surface area contributed by atoms with Crippen LogP contribution in [0.2, 0.25) is 0 Å². The molecular weight excluding hydrogens is 402 g/mol. The molecule has 1 aromatic carbocycles. The number of halogens is 2. The van der Waals surface area contributed by atoms with E-state index in [-0.39, 0.29) is 37.3 Å². The fraction of sp³-hybridized carbons (Fsp3) is 0.522. The number of rotatable bonds is 7. The van der Waals surface area contributed by atoms with Crippen LogP contribution in [-0.4, -0.2) is 54.0 Å². The Hall–Kier alpha value is -2.77. The summed E-state index contributed by atoms with van der Waals surface area (Å²) >= 11 is 0. The van der Waals surface area contributed by atoms with Crippen molar-refractivity contribution >= 4 is 17.5 Å². The maximum absolute atomic E-state index is 13.5. The van der Waals surface area contributed by atoms with Crippen molar-refractivity contribution in [1.29, 1.82) is 0 Å². The fourth-order valence-corrected chi connectivity index (χ4v) is 4.22. The number of hydrogen-bond acceptors (Lipinski definition) is 6. The summed E-state index contributed by atoms with van der Waals surface area (Å²) in [5.41, 5.74) is 1.12. The van der Waals surface area contributed by atoms with Gasteiger partial charge in [-0.15, -0.1) is 0 Å². The zero-order valence-electron chi connectivity index (χ0n) is 17.9. The molecule has 0 spiro atoms. The first-order valence-electron chi connectivity index (χ1n) is 10.8. The molecular formula is C23H28F2N4O2. The van der Waals surface area contributed by atoms with E-state index in [9.17, 15) is 13.6 Å². The van der Waals surface area contributed by atoms with Crippen LogP contribution in [0.5, 0.6) is 5.75 Å². The number of alkyl halides is 2. The Balaban J connectivity index is 1.35. The van der Waals surface area contributed by atoms with Gasteiger partial charge in [-0.25, -0.2) is 13.8 Å². The molecule has 6 nitrogen and oxygen atoms in total. The zero-order chi connectivity index (χ0) is 22.0. The minimum atomic E-state index is -2.68. The molecule has 2 fully saturated rings. The first-order valence-corrected chi connectivity index (χ1v) is 10.8. The first kappa shape index (κ1) is 21.5. The Morgan fingerprint density at radius 2 is 2.00 bits per heavy atom. The number of Topliss-reactive ketones (excluding diaryl/α,β-unsaturated/α-hetero) is 1. The molecule has 2 atom stereocenters. The maximum Gasteiger partial charge on any atom is 0.267 e. The highest BCUT2D eigenvalue weighted by Gasteiger charge is 2.39. The van der Waals surface area contributed by atoms with Crippen molar-refractivity contribution in [3.8, 4) is 5.75 Å². The molecule has 0 N–H and O–H groups in total. The molecule has 2 aliphatic heterocycles. The van der Waals surface area contributed by atoms with Crippen LogP contribution in [0.4, 0.5) is 20.5 Å². The second-order valence-electron chi connectivity index (χ2n) is 8.59. The summed E-state index contributed by atoms with van der Waals surface area (Å²) in [4.78, 5) is 23.7. The third-order valence-corrected chi connectivity index (χ3v) is 5.90. The van der Waals surface area contributed by atoms with E-state index in [1.807, 2.05) is 37.3 Å². The molecule has 0 bridgehead atoms. The fourth-order valence-electron chi connectivity index (χ4n) is 4.22. The van der Waals surface area contributed by atoms with E-state index >= 15 is 0 Å². The predicted molar refractivity (Wildman–Crippen MR) is 115 cm³/mol. The smallest absolute Gasteiger partial charge is 0.267 e. The Bertz CT molecular complexity index is 922. The lowest BCUT2D eigenvalue weighted by Gasteiger charge is -2.21. The molecule has 166 valence electrons. The molecule has 0 saturated carbocycles. The summed E-state index contributed by atoms with van der Waals surface area (Å²) in [6.45, 7) is 5.05. The molecule has 8 heteroatoms. The summed E-state index contributed by atoms with van der Waals surface area (Å²) in [6, 6.07) is 9.73. The van der Waals surface area contributed by atoms with Gasteiger partial charge in [-0.2, -0.15) is 4.98 Å². The van der Waals surface area contributed by atoms with Crippen molar-refractivity contribution in [2.24, 2.45) is 0 Å². The van der Waals surface area contributed by atoms with E-state index in [2.05, 4.69) is 14.9 Å². The number of nitrogens with zero attached hydrogens (tertiary/aromatic N) is 4. The summed E-state index contributed by atoms with van der Waals surface area (Å²) in [5.74, 6) is -0.408. The lowest BCUT2D eigenvalue weighted by molar-refractivity contribution is -0.117. The van der Waals surface area contributed by atoms with E-state index in [0.29, 0.717) is 18.9 Å². The van der Waals surface area contributed by atoms with Gasteiger partial charge >= 0.3 is 0 Å². The average molecular weight is 430 g/mol. The molecule has 2 aromatic rings. The molecule has 3 heterocycles. The normalized spacial score (nSPS) is 21.4. The van der Waals surface area contributed by atoms with Gasteiger partial charge in [0, 0.05) is 38.5 Å². The molecule has 0 radical (unpaired) electrons. The standard InChI is InChI=1S/C23H28F2N4O2/c1-16(13-17(2)30)18-3-5-19(6-4-18)31-20-8-11-28(14-20)21-7-10-26-22(27-21)29-12-9-23(24,25)15-29/h3-7,10,16,20H,8-9,11-15H2,1-2H3/t16-,20-/m1/s1. The highest BCUT2D eigenvalue weighted by atomic mass is 19.3. The van der Waals surface area contributed by atoms with E-state index in [1.54, 1.807) is 18.0 Å². The summed E-state index contributed by atoms with van der Waals surface area (Å²) in [5, 5.41) is 0. The molecule has 31 heavy (non-hydrogen) atoms. The van der Waals surface area contributed by atoms with Crippen LogP contribution in [-0.2, 0) is 4.79 Å². The Morgan fingerprint density at radius 3 is 2.68 bits per heavy atom.